The minimum atomic E-state index is -1.27. The number of carbonyl (C=O) groups is 1. The summed E-state index contributed by atoms with van der Waals surface area (Å²) in [5, 5.41) is 17.7. The van der Waals surface area contributed by atoms with Crippen molar-refractivity contribution in [1.82, 2.24) is 0 Å². The number of halogens is 1. The van der Waals surface area contributed by atoms with Gasteiger partial charge in [-0.2, -0.15) is 0 Å². The molecule has 0 radical (unpaired) electrons. The van der Waals surface area contributed by atoms with E-state index in [1.54, 1.807) is 6.07 Å². The van der Waals surface area contributed by atoms with Crippen LogP contribution >= 0.6 is 11.8 Å². The zero-order valence-electron chi connectivity index (χ0n) is 8.81. The van der Waals surface area contributed by atoms with Gasteiger partial charge in [0.05, 0.1) is 0 Å². The fraction of sp³-hybridized carbons (Fsp3) is 0.364. The summed E-state index contributed by atoms with van der Waals surface area (Å²) in [4.78, 5) is 11.3. The minimum absolute atomic E-state index is 0.0325. The number of hydrogen-bond acceptors (Lipinski definition) is 3. The van der Waals surface area contributed by atoms with Gasteiger partial charge in [0.25, 0.3) is 0 Å². The molecule has 0 aliphatic rings. The molecule has 0 amide bonds. The number of aliphatic hydroxyl groups is 1. The highest BCUT2D eigenvalue weighted by molar-refractivity contribution is 7.99. The first-order chi connectivity index (χ1) is 7.56. The van der Waals surface area contributed by atoms with Crippen LogP contribution in [0.3, 0.4) is 0 Å². The van der Waals surface area contributed by atoms with Crippen molar-refractivity contribution in [2.24, 2.45) is 5.92 Å². The van der Waals surface area contributed by atoms with Crippen molar-refractivity contribution in [3.8, 4) is 0 Å². The minimum Gasteiger partial charge on any atom is -0.478 e. The summed E-state index contributed by atoms with van der Waals surface area (Å²) in [6.07, 6.45) is 0. The van der Waals surface area contributed by atoms with Crippen LogP contribution in [0.5, 0.6) is 0 Å². The molecule has 0 saturated heterocycles. The molecule has 0 bridgehead atoms. The Morgan fingerprint density at radius 1 is 1.56 bits per heavy atom. The topological polar surface area (TPSA) is 57.5 Å². The molecule has 0 aromatic heterocycles. The first-order valence-corrected chi connectivity index (χ1v) is 5.80. The molecule has 16 heavy (non-hydrogen) atoms. The zero-order chi connectivity index (χ0) is 12.1. The lowest BCUT2D eigenvalue weighted by atomic mass is 10.2. The fourth-order valence-corrected chi connectivity index (χ4v) is 2.19. The summed E-state index contributed by atoms with van der Waals surface area (Å²) in [5.41, 5.74) is -0.294. The predicted molar refractivity (Wildman–Crippen MR) is 60.3 cm³/mol. The van der Waals surface area contributed by atoms with Crippen LogP contribution in [0.2, 0.25) is 0 Å². The van der Waals surface area contributed by atoms with E-state index in [1.807, 2.05) is 6.92 Å². The van der Waals surface area contributed by atoms with Gasteiger partial charge in [-0.05, 0) is 18.1 Å². The average molecular weight is 244 g/mol. The monoisotopic (exact) mass is 244 g/mol. The van der Waals surface area contributed by atoms with Crippen LogP contribution in [-0.2, 0) is 0 Å². The standard InChI is InChI=1S/C11H13FO3S/c1-7(5-13)6-16-9-4-2-3-8(12)10(9)11(14)15/h2-4,7,13H,5-6H2,1H3,(H,14,15). The van der Waals surface area contributed by atoms with Crippen molar-refractivity contribution in [1.29, 1.82) is 0 Å². The van der Waals surface area contributed by atoms with Gasteiger partial charge in [-0.15, -0.1) is 11.8 Å². The summed E-state index contributed by atoms with van der Waals surface area (Å²) in [6.45, 7) is 1.87. The molecule has 0 heterocycles. The molecule has 1 unspecified atom stereocenters. The van der Waals surface area contributed by atoms with Gasteiger partial charge in [0.2, 0.25) is 0 Å². The molecule has 1 aromatic carbocycles. The van der Waals surface area contributed by atoms with Crippen LogP contribution in [0.1, 0.15) is 17.3 Å². The van der Waals surface area contributed by atoms with Gasteiger partial charge < -0.3 is 10.2 Å². The Balaban J connectivity index is 2.87. The third-order valence-electron chi connectivity index (χ3n) is 2.02. The van der Waals surface area contributed by atoms with Gasteiger partial charge in [0.15, 0.2) is 0 Å². The van der Waals surface area contributed by atoms with Crippen molar-refractivity contribution >= 4 is 17.7 Å². The SMILES string of the molecule is CC(CO)CSc1cccc(F)c1C(=O)O. The van der Waals surface area contributed by atoms with Crippen LogP contribution in [0.25, 0.3) is 0 Å². The van der Waals surface area contributed by atoms with Crippen molar-refractivity contribution in [3.63, 3.8) is 0 Å². The van der Waals surface area contributed by atoms with Gasteiger partial charge in [-0.25, -0.2) is 9.18 Å². The number of aromatic carboxylic acids is 1. The third-order valence-corrected chi connectivity index (χ3v) is 3.41. The molecule has 5 heteroatoms. The Kier molecular flexibility index (Phi) is 4.76. The maximum absolute atomic E-state index is 13.3. The van der Waals surface area contributed by atoms with E-state index in [1.165, 1.54) is 17.8 Å². The Hall–Kier alpha value is -1.07. The second kappa shape index (κ2) is 5.86. The van der Waals surface area contributed by atoms with Crippen molar-refractivity contribution in [3.05, 3.63) is 29.6 Å². The number of thioether (sulfide) groups is 1. The highest BCUT2D eigenvalue weighted by Crippen LogP contribution is 2.26. The van der Waals surface area contributed by atoms with E-state index in [4.69, 9.17) is 10.2 Å². The highest BCUT2D eigenvalue weighted by Gasteiger charge is 2.16. The molecule has 0 aliphatic heterocycles. The van der Waals surface area contributed by atoms with Crippen LogP contribution in [-0.4, -0.2) is 28.5 Å². The zero-order valence-corrected chi connectivity index (χ0v) is 9.63. The molecule has 0 saturated carbocycles. The molecule has 88 valence electrons. The Morgan fingerprint density at radius 2 is 2.25 bits per heavy atom. The largest absolute Gasteiger partial charge is 0.478 e. The van der Waals surface area contributed by atoms with Gasteiger partial charge >= 0.3 is 5.97 Å². The molecule has 1 aromatic rings. The number of aliphatic hydroxyl groups excluding tert-OH is 1. The summed E-state index contributed by atoms with van der Waals surface area (Å²) < 4.78 is 13.3. The Morgan fingerprint density at radius 3 is 2.81 bits per heavy atom. The quantitative estimate of drug-likeness (QED) is 0.780. The number of carboxylic acids is 1. The van der Waals surface area contributed by atoms with Crippen LogP contribution < -0.4 is 0 Å². The number of carboxylic acid groups (broad SMARTS) is 1. The molecule has 2 N–H and O–H groups in total. The molecule has 1 rings (SSSR count). The predicted octanol–water partition coefficient (Wildman–Crippen LogP) is 2.24. The second-order valence-corrected chi connectivity index (χ2v) is 4.58. The molecule has 3 nitrogen and oxygen atoms in total. The van der Waals surface area contributed by atoms with Crippen molar-refractivity contribution < 1.29 is 19.4 Å². The van der Waals surface area contributed by atoms with Crippen LogP contribution in [0.15, 0.2) is 23.1 Å². The molecule has 0 spiro atoms. The van der Waals surface area contributed by atoms with Crippen LogP contribution in [0.4, 0.5) is 4.39 Å². The second-order valence-electron chi connectivity index (χ2n) is 3.52. The van der Waals surface area contributed by atoms with E-state index < -0.39 is 11.8 Å². The van der Waals surface area contributed by atoms with E-state index in [2.05, 4.69) is 0 Å². The number of benzene rings is 1. The van der Waals surface area contributed by atoms with E-state index in [-0.39, 0.29) is 18.1 Å². The summed E-state index contributed by atoms with van der Waals surface area (Å²) in [7, 11) is 0. The molecule has 0 aliphatic carbocycles. The lowest BCUT2D eigenvalue weighted by Gasteiger charge is -2.09. The van der Waals surface area contributed by atoms with E-state index in [9.17, 15) is 9.18 Å². The third kappa shape index (κ3) is 3.21. The van der Waals surface area contributed by atoms with Gasteiger partial charge in [-0.1, -0.05) is 13.0 Å². The number of rotatable bonds is 5. The fourth-order valence-electron chi connectivity index (χ4n) is 1.12. The number of hydrogen-bond donors (Lipinski definition) is 2. The molecular weight excluding hydrogens is 231 g/mol. The van der Waals surface area contributed by atoms with Gasteiger partial charge in [-0.3, -0.25) is 0 Å². The van der Waals surface area contributed by atoms with Crippen molar-refractivity contribution in [2.75, 3.05) is 12.4 Å². The summed E-state index contributed by atoms with van der Waals surface area (Å²) in [5.74, 6) is -1.39. The summed E-state index contributed by atoms with van der Waals surface area (Å²) in [6, 6.07) is 4.18. The maximum Gasteiger partial charge on any atom is 0.339 e. The normalized spacial score (nSPS) is 12.4. The Labute approximate surface area is 97.3 Å². The first-order valence-electron chi connectivity index (χ1n) is 4.81. The molecule has 0 fully saturated rings. The first kappa shape index (κ1) is 13.0. The smallest absolute Gasteiger partial charge is 0.339 e. The van der Waals surface area contributed by atoms with Gasteiger partial charge in [0, 0.05) is 17.3 Å². The lowest BCUT2D eigenvalue weighted by molar-refractivity contribution is 0.0688. The molecule has 1 atom stereocenters. The maximum atomic E-state index is 13.3. The lowest BCUT2D eigenvalue weighted by Crippen LogP contribution is -2.06. The molecular formula is C11H13FO3S. The van der Waals surface area contributed by atoms with E-state index in [0.29, 0.717) is 10.6 Å². The van der Waals surface area contributed by atoms with Gasteiger partial charge in [0.1, 0.15) is 11.4 Å². The summed E-state index contributed by atoms with van der Waals surface area (Å²) >= 11 is 1.24. The van der Waals surface area contributed by atoms with E-state index in [0.717, 1.165) is 6.07 Å². The van der Waals surface area contributed by atoms with E-state index >= 15 is 0 Å². The Bertz CT molecular complexity index is 381. The van der Waals surface area contributed by atoms with Crippen LogP contribution in [0, 0.1) is 11.7 Å². The highest BCUT2D eigenvalue weighted by atomic mass is 32.2. The van der Waals surface area contributed by atoms with Crippen molar-refractivity contribution in [2.45, 2.75) is 11.8 Å². The average Bonchev–Trinajstić information content (AvgIpc) is 2.25.